The fourth-order valence-electron chi connectivity index (χ4n) is 4.21. The molecule has 0 bridgehead atoms. The number of ether oxygens (including phenoxy) is 1. The predicted octanol–water partition coefficient (Wildman–Crippen LogP) is 5.34. The summed E-state index contributed by atoms with van der Waals surface area (Å²) in [5, 5.41) is 3.49. The number of carbonyl (C=O) groups is 4. The first-order valence-corrected chi connectivity index (χ1v) is 13.7. The van der Waals surface area contributed by atoms with Gasteiger partial charge in [-0.1, -0.05) is 70.9 Å². The third-order valence-corrected chi connectivity index (χ3v) is 6.96. The second-order valence-electron chi connectivity index (χ2n) is 8.89. The molecule has 1 heterocycles. The largest absolute Gasteiger partial charge is 0.492 e. The van der Waals surface area contributed by atoms with Gasteiger partial charge in [-0.15, -0.1) is 0 Å². The summed E-state index contributed by atoms with van der Waals surface area (Å²) in [4.78, 5) is 52.3. The van der Waals surface area contributed by atoms with Gasteiger partial charge in [0.2, 0.25) is 0 Å². The van der Waals surface area contributed by atoms with Crippen molar-refractivity contribution >= 4 is 51.0 Å². The number of imide groups is 1. The number of hydrogen-bond donors (Lipinski definition) is 1. The van der Waals surface area contributed by atoms with Gasteiger partial charge in [-0.25, -0.2) is 0 Å². The normalized spacial score (nSPS) is 13.3. The van der Waals surface area contributed by atoms with E-state index in [0.29, 0.717) is 46.1 Å². The Labute approximate surface area is 234 Å². The van der Waals surface area contributed by atoms with E-state index in [1.165, 1.54) is 6.07 Å². The number of amides is 3. The van der Waals surface area contributed by atoms with Crippen molar-refractivity contribution in [2.75, 3.05) is 18.5 Å². The van der Waals surface area contributed by atoms with Crippen LogP contribution < -0.4 is 10.1 Å². The molecule has 0 fully saturated rings. The molecule has 1 atom stereocenters. The summed E-state index contributed by atoms with van der Waals surface area (Å²) in [5.74, 6) is -0.754. The Morgan fingerprint density at radius 1 is 0.974 bits per heavy atom. The highest BCUT2D eigenvalue weighted by Gasteiger charge is 2.36. The highest BCUT2D eigenvalue weighted by atomic mass is 79.9. The quantitative estimate of drug-likeness (QED) is 0.183. The zero-order valence-corrected chi connectivity index (χ0v) is 23.1. The van der Waals surface area contributed by atoms with Crippen molar-refractivity contribution in [3.8, 4) is 5.75 Å². The average molecular weight is 598 g/mol. The monoisotopic (exact) mass is 596 g/mol. The Balaban J connectivity index is 1.56. The molecule has 1 aliphatic rings. The average Bonchev–Trinajstić information content (AvgIpc) is 3.17. The Bertz CT molecular complexity index is 1340. The van der Waals surface area contributed by atoms with Crippen LogP contribution in [-0.4, -0.2) is 52.9 Å². The van der Waals surface area contributed by atoms with Crippen LogP contribution in [0.5, 0.6) is 5.75 Å². The van der Waals surface area contributed by atoms with Gasteiger partial charge in [0.1, 0.15) is 5.75 Å². The van der Waals surface area contributed by atoms with Crippen molar-refractivity contribution in [2.24, 2.45) is 0 Å². The summed E-state index contributed by atoms with van der Waals surface area (Å²) in [6.07, 6.45) is 1.15. The maximum Gasteiger partial charge on any atom is 0.261 e. The van der Waals surface area contributed by atoms with Crippen LogP contribution >= 0.6 is 27.5 Å². The van der Waals surface area contributed by atoms with Crippen molar-refractivity contribution < 1.29 is 23.9 Å². The Kier molecular flexibility index (Phi) is 8.97. The van der Waals surface area contributed by atoms with Gasteiger partial charge in [-0.05, 0) is 48.7 Å². The molecule has 1 N–H and O–H groups in total. The lowest BCUT2D eigenvalue weighted by atomic mass is 10.0. The van der Waals surface area contributed by atoms with Gasteiger partial charge in [0.25, 0.3) is 17.7 Å². The molecule has 38 heavy (non-hydrogen) atoms. The molecule has 0 saturated carbocycles. The first-order chi connectivity index (χ1) is 18.3. The molecule has 3 aromatic rings. The standard InChI is InChI=1S/C29H26BrClN2O5/c1-2-13-38-26-12-11-20(15-24(26)31)27(35)32-21(14-18-7-9-19(10-8-18)25(34)16-30)17-33-28(36)22-5-3-4-6-23(22)29(33)37/h3-12,15,21H,2,13-14,16-17H2,1H3,(H,32,35)/t21-/m0/s1. The number of halogens is 2. The number of fused-ring (bicyclic) bond motifs is 1. The van der Waals surface area contributed by atoms with E-state index in [1.807, 2.05) is 6.92 Å². The number of ketones is 1. The predicted molar refractivity (Wildman–Crippen MR) is 149 cm³/mol. The van der Waals surface area contributed by atoms with Crippen molar-refractivity contribution in [1.29, 1.82) is 0 Å². The van der Waals surface area contributed by atoms with Crippen LogP contribution in [0.25, 0.3) is 0 Å². The number of nitrogens with one attached hydrogen (secondary N) is 1. The minimum absolute atomic E-state index is 0.0222. The molecule has 3 amide bonds. The van der Waals surface area contributed by atoms with Crippen LogP contribution in [0.2, 0.25) is 5.02 Å². The zero-order valence-electron chi connectivity index (χ0n) is 20.7. The zero-order chi connectivity index (χ0) is 27.2. The molecular formula is C29H26BrClN2O5. The highest BCUT2D eigenvalue weighted by molar-refractivity contribution is 9.09. The number of nitrogens with zero attached hydrogens (tertiary/aromatic N) is 1. The summed E-state index contributed by atoms with van der Waals surface area (Å²) in [6.45, 7) is 2.47. The van der Waals surface area contributed by atoms with E-state index in [0.717, 1.165) is 16.9 Å². The van der Waals surface area contributed by atoms with Crippen molar-refractivity contribution in [3.63, 3.8) is 0 Å². The number of hydrogen-bond acceptors (Lipinski definition) is 5. The third kappa shape index (κ3) is 6.14. The first-order valence-electron chi connectivity index (χ1n) is 12.2. The fraction of sp³-hybridized carbons (Fsp3) is 0.241. The molecule has 196 valence electrons. The lowest BCUT2D eigenvalue weighted by Crippen LogP contribution is -2.47. The van der Waals surface area contributed by atoms with Gasteiger partial charge in [0, 0.05) is 17.7 Å². The van der Waals surface area contributed by atoms with Crippen molar-refractivity contribution in [2.45, 2.75) is 25.8 Å². The summed E-state index contributed by atoms with van der Waals surface area (Å²) < 4.78 is 5.59. The molecule has 1 aliphatic heterocycles. The van der Waals surface area contributed by atoms with Crippen LogP contribution in [-0.2, 0) is 6.42 Å². The van der Waals surface area contributed by atoms with Crippen LogP contribution in [0.15, 0.2) is 66.7 Å². The van der Waals surface area contributed by atoms with Crippen molar-refractivity contribution in [3.05, 3.63) is 99.6 Å². The summed E-state index contributed by atoms with van der Waals surface area (Å²) in [7, 11) is 0. The lowest BCUT2D eigenvalue weighted by molar-refractivity contribution is 0.0628. The Morgan fingerprint density at radius 3 is 2.18 bits per heavy atom. The van der Waals surface area contributed by atoms with Crippen LogP contribution in [0.1, 0.15) is 60.3 Å². The topological polar surface area (TPSA) is 92.8 Å². The fourth-order valence-corrected chi connectivity index (χ4v) is 4.77. The van der Waals surface area contributed by atoms with E-state index >= 15 is 0 Å². The molecule has 0 saturated heterocycles. The van der Waals surface area contributed by atoms with E-state index in [2.05, 4.69) is 21.2 Å². The molecule has 7 nitrogen and oxygen atoms in total. The first kappa shape index (κ1) is 27.5. The van der Waals surface area contributed by atoms with Gasteiger partial charge in [-0.3, -0.25) is 24.1 Å². The summed E-state index contributed by atoms with van der Waals surface area (Å²) in [5.41, 5.74) is 2.40. The van der Waals surface area contributed by atoms with Crippen LogP contribution in [0, 0.1) is 0 Å². The lowest BCUT2D eigenvalue weighted by Gasteiger charge is -2.24. The number of Topliss-reactive ketones (excluding diaryl/α,β-unsaturated/α-hetero) is 1. The van der Waals surface area contributed by atoms with Gasteiger partial charge in [0.15, 0.2) is 5.78 Å². The molecule has 0 unspecified atom stereocenters. The molecule has 4 rings (SSSR count). The number of benzene rings is 3. The third-order valence-electron chi connectivity index (χ3n) is 6.15. The smallest absolute Gasteiger partial charge is 0.261 e. The Morgan fingerprint density at radius 2 is 1.61 bits per heavy atom. The molecule has 0 spiro atoms. The van der Waals surface area contributed by atoms with E-state index in [-0.39, 0.29) is 17.7 Å². The van der Waals surface area contributed by atoms with Gasteiger partial charge in [0.05, 0.1) is 34.1 Å². The summed E-state index contributed by atoms with van der Waals surface area (Å²) in [6, 6.07) is 17.9. The number of carbonyl (C=O) groups excluding carboxylic acids is 4. The van der Waals surface area contributed by atoms with E-state index in [4.69, 9.17) is 16.3 Å². The van der Waals surface area contributed by atoms with Gasteiger partial charge < -0.3 is 10.1 Å². The minimum atomic E-state index is -0.600. The molecule has 0 aliphatic carbocycles. The molecule has 0 aromatic heterocycles. The molecular weight excluding hydrogens is 572 g/mol. The minimum Gasteiger partial charge on any atom is -0.492 e. The van der Waals surface area contributed by atoms with Crippen LogP contribution in [0.3, 0.4) is 0 Å². The van der Waals surface area contributed by atoms with Gasteiger partial charge in [-0.2, -0.15) is 0 Å². The maximum absolute atomic E-state index is 13.2. The highest BCUT2D eigenvalue weighted by Crippen LogP contribution is 2.26. The molecule has 0 radical (unpaired) electrons. The SMILES string of the molecule is CCCOc1ccc(C(=O)N[C@@H](Cc2ccc(C(=O)CBr)cc2)CN2C(=O)c3ccccc3C2=O)cc1Cl. The second-order valence-corrected chi connectivity index (χ2v) is 9.86. The molecule has 9 heteroatoms. The van der Waals surface area contributed by atoms with Crippen LogP contribution in [0.4, 0.5) is 0 Å². The van der Waals surface area contributed by atoms with Gasteiger partial charge >= 0.3 is 0 Å². The van der Waals surface area contributed by atoms with E-state index in [9.17, 15) is 19.2 Å². The molecule has 3 aromatic carbocycles. The van der Waals surface area contributed by atoms with Crippen molar-refractivity contribution in [1.82, 2.24) is 10.2 Å². The Hall–Kier alpha value is -3.49. The van der Waals surface area contributed by atoms with E-state index in [1.54, 1.807) is 60.7 Å². The number of rotatable bonds is 11. The van der Waals surface area contributed by atoms with E-state index < -0.39 is 23.8 Å². The maximum atomic E-state index is 13.2. The number of alkyl halides is 1. The second kappa shape index (κ2) is 12.4. The summed E-state index contributed by atoms with van der Waals surface area (Å²) >= 11 is 9.49.